The first-order valence-corrected chi connectivity index (χ1v) is 6.82. The van der Waals surface area contributed by atoms with Crippen LogP contribution in [0.15, 0.2) is 24.5 Å². The van der Waals surface area contributed by atoms with Crippen LogP contribution in [-0.2, 0) is 0 Å². The van der Waals surface area contributed by atoms with E-state index in [1.54, 1.807) is 0 Å². The smallest absolute Gasteiger partial charge is 0.137 e. The summed E-state index contributed by atoms with van der Waals surface area (Å²) in [5, 5.41) is 20.2. The van der Waals surface area contributed by atoms with Gasteiger partial charge >= 0.3 is 0 Å². The van der Waals surface area contributed by atoms with Crippen LogP contribution >= 0.6 is 0 Å². The summed E-state index contributed by atoms with van der Waals surface area (Å²) in [5.74, 6) is 0.731. The van der Waals surface area contributed by atoms with Crippen molar-refractivity contribution in [3.8, 4) is 11.1 Å². The molecule has 0 saturated carbocycles. The second-order valence-corrected chi connectivity index (χ2v) is 4.91. The van der Waals surface area contributed by atoms with E-state index in [0.29, 0.717) is 6.54 Å². The number of H-pyrrole nitrogens is 1. The molecule has 0 amide bonds. The number of aliphatic hydroxyl groups is 1. The molecule has 21 heavy (non-hydrogen) atoms. The van der Waals surface area contributed by atoms with Crippen LogP contribution in [0, 0.1) is 13.8 Å². The van der Waals surface area contributed by atoms with E-state index < -0.39 is 0 Å². The minimum atomic E-state index is 0.0606. The number of hydrogen-bond acceptors (Lipinski definition) is 5. The molecule has 0 unspecified atom stereocenters. The zero-order chi connectivity index (χ0) is 14.8. The third kappa shape index (κ3) is 2.45. The minimum Gasteiger partial charge on any atom is -0.395 e. The molecule has 0 saturated heterocycles. The van der Waals surface area contributed by atoms with Crippen LogP contribution in [0.2, 0.25) is 0 Å². The Hall–Kier alpha value is -2.47. The third-order valence-electron chi connectivity index (χ3n) is 3.46. The Morgan fingerprint density at radius 2 is 2.10 bits per heavy atom. The van der Waals surface area contributed by atoms with E-state index in [9.17, 15) is 0 Å². The number of nitrogens with zero attached hydrogens (tertiary/aromatic N) is 3. The van der Waals surface area contributed by atoms with Gasteiger partial charge < -0.3 is 10.4 Å². The molecule has 0 fully saturated rings. The number of aliphatic hydroxyl groups excluding tert-OH is 1. The highest BCUT2D eigenvalue weighted by Gasteiger charge is 2.11. The second kappa shape index (κ2) is 5.49. The molecule has 108 valence electrons. The predicted octanol–water partition coefficient (Wildman–Crippen LogP) is 2.04. The highest BCUT2D eigenvalue weighted by Crippen LogP contribution is 2.29. The Bertz CT molecular complexity index is 761. The summed E-state index contributed by atoms with van der Waals surface area (Å²) in [6.07, 6.45) is 1.52. The summed E-state index contributed by atoms with van der Waals surface area (Å²) < 4.78 is 0. The van der Waals surface area contributed by atoms with Crippen LogP contribution in [-0.4, -0.2) is 38.4 Å². The van der Waals surface area contributed by atoms with Gasteiger partial charge in [-0.05, 0) is 31.5 Å². The highest BCUT2D eigenvalue weighted by atomic mass is 16.3. The standard InChI is InChI=1S/C15H17N5O/c1-9-14(10(2)20-19-9)11-3-4-13-12(7-11)15(16-5-6-21)18-8-17-13/h3-4,7-8,21H,5-6H2,1-2H3,(H,19,20)(H,16,17,18). The van der Waals surface area contributed by atoms with Gasteiger partial charge in [0.25, 0.3) is 0 Å². The fourth-order valence-corrected chi connectivity index (χ4v) is 2.50. The van der Waals surface area contributed by atoms with Gasteiger partial charge in [-0.15, -0.1) is 0 Å². The Morgan fingerprint density at radius 1 is 1.24 bits per heavy atom. The van der Waals surface area contributed by atoms with Gasteiger partial charge in [0.2, 0.25) is 0 Å². The van der Waals surface area contributed by atoms with Gasteiger partial charge in [0.1, 0.15) is 12.1 Å². The van der Waals surface area contributed by atoms with Gasteiger partial charge in [0.15, 0.2) is 0 Å². The quantitative estimate of drug-likeness (QED) is 0.682. The van der Waals surface area contributed by atoms with Gasteiger partial charge in [-0.1, -0.05) is 6.07 Å². The first-order valence-electron chi connectivity index (χ1n) is 6.82. The number of benzene rings is 1. The molecule has 6 heteroatoms. The molecule has 3 rings (SSSR count). The molecule has 3 N–H and O–H groups in total. The lowest BCUT2D eigenvalue weighted by Crippen LogP contribution is -2.07. The summed E-state index contributed by atoms with van der Waals surface area (Å²) in [5.41, 5.74) is 5.05. The summed E-state index contributed by atoms with van der Waals surface area (Å²) in [4.78, 5) is 8.54. The highest BCUT2D eigenvalue weighted by molar-refractivity contribution is 5.92. The summed E-state index contributed by atoms with van der Waals surface area (Å²) in [7, 11) is 0. The lowest BCUT2D eigenvalue weighted by atomic mass is 10.0. The van der Waals surface area contributed by atoms with Crippen molar-refractivity contribution >= 4 is 16.7 Å². The number of aromatic nitrogens is 4. The molecule has 2 heterocycles. The van der Waals surface area contributed by atoms with Crippen LogP contribution < -0.4 is 5.32 Å². The number of aromatic amines is 1. The Labute approximate surface area is 122 Å². The van der Waals surface area contributed by atoms with Crippen LogP contribution in [0.25, 0.3) is 22.0 Å². The fourth-order valence-electron chi connectivity index (χ4n) is 2.50. The zero-order valence-corrected chi connectivity index (χ0v) is 12.0. The molecule has 3 aromatic rings. The minimum absolute atomic E-state index is 0.0606. The monoisotopic (exact) mass is 283 g/mol. The topological polar surface area (TPSA) is 86.7 Å². The lowest BCUT2D eigenvalue weighted by Gasteiger charge is -2.09. The maximum absolute atomic E-state index is 8.96. The Balaban J connectivity index is 2.14. The molecule has 0 aliphatic carbocycles. The zero-order valence-electron chi connectivity index (χ0n) is 12.0. The van der Waals surface area contributed by atoms with Gasteiger partial charge in [-0.2, -0.15) is 5.10 Å². The summed E-state index contributed by atoms with van der Waals surface area (Å²) in [6, 6.07) is 6.07. The van der Waals surface area contributed by atoms with Gasteiger partial charge in [0, 0.05) is 23.2 Å². The van der Waals surface area contributed by atoms with Crippen molar-refractivity contribution < 1.29 is 5.11 Å². The third-order valence-corrected chi connectivity index (χ3v) is 3.46. The maximum Gasteiger partial charge on any atom is 0.137 e. The van der Waals surface area contributed by atoms with Gasteiger partial charge in [-0.3, -0.25) is 5.10 Å². The van der Waals surface area contributed by atoms with Crippen LogP contribution in [0.5, 0.6) is 0 Å². The molecule has 0 radical (unpaired) electrons. The van der Waals surface area contributed by atoms with Gasteiger partial charge in [0.05, 0.1) is 17.8 Å². The normalized spacial score (nSPS) is 11.0. The molecule has 0 bridgehead atoms. The second-order valence-electron chi connectivity index (χ2n) is 4.91. The molecular formula is C15H17N5O. The maximum atomic E-state index is 8.96. The molecule has 2 aromatic heterocycles. The Kier molecular flexibility index (Phi) is 3.53. The van der Waals surface area contributed by atoms with Gasteiger partial charge in [-0.25, -0.2) is 9.97 Å². The van der Waals surface area contributed by atoms with E-state index in [1.165, 1.54) is 6.33 Å². The van der Waals surface area contributed by atoms with E-state index in [0.717, 1.165) is 39.2 Å². The molecule has 0 spiro atoms. The molecule has 0 atom stereocenters. The first kappa shape index (κ1) is 13.5. The van der Waals surface area contributed by atoms with E-state index in [1.807, 2.05) is 26.0 Å². The SMILES string of the molecule is Cc1n[nH]c(C)c1-c1ccc2ncnc(NCCO)c2c1. The number of rotatable bonds is 4. The predicted molar refractivity (Wildman–Crippen MR) is 82.2 cm³/mol. The average Bonchev–Trinajstić information content (AvgIpc) is 2.83. The van der Waals surface area contributed by atoms with Crippen molar-refractivity contribution in [2.45, 2.75) is 13.8 Å². The number of anilines is 1. The van der Waals surface area contributed by atoms with Crippen LogP contribution in [0.1, 0.15) is 11.4 Å². The van der Waals surface area contributed by atoms with Crippen LogP contribution in [0.4, 0.5) is 5.82 Å². The first-order chi connectivity index (χ1) is 10.2. The van der Waals surface area contributed by atoms with Crippen molar-refractivity contribution in [1.29, 1.82) is 0 Å². The molecule has 0 aliphatic heterocycles. The number of aryl methyl sites for hydroxylation is 2. The van der Waals surface area contributed by atoms with Crippen molar-refractivity contribution in [3.05, 3.63) is 35.9 Å². The van der Waals surface area contributed by atoms with E-state index in [2.05, 4.69) is 31.5 Å². The largest absolute Gasteiger partial charge is 0.395 e. The molecular weight excluding hydrogens is 266 g/mol. The summed E-state index contributed by atoms with van der Waals surface area (Å²) >= 11 is 0. The van der Waals surface area contributed by atoms with Crippen molar-refractivity contribution in [1.82, 2.24) is 20.2 Å². The lowest BCUT2D eigenvalue weighted by molar-refractivity contribution is 0.311. The molecule has 6 nitrogen and oxygen atoms in total. The number of fused-ring (bicyclic) bond motifs is 1. The Morgan fingerprint density at radius 3 is 2.81 bits per heavy atom. The van der Waals surface area contributed by atoms with Crippen molar-refractivity contribution in [2.24, 2.45) is 0 Å². The number of nitrogens with one attached hydrogen (secondary N) is 2. The van der Waals surface area contributed by atoms with Crippen LogP contribution in [0.3, 0.4) is 0 Å². The van der Waals surface area contributed by atoms with E-state index >= 15 is 0 Å². The van der Waals surface area contributed by atoms with E-state index in [-0.39, 0.29) is 6.61 Å². The number of hydrogen-bond donors (Lipinski definition) is 3. The molecule has 0 aliphatic rings. The summed E-state index contributed by atoms with van der Waals surface area (Å²) in [6.45, 7) is 4.51. The van der Waals surface area contributed by atoms with Crippen molar-refractivity contribution in [2.75, 3.05) is 18.5 Å². The average molecular weight is 283 g/mol. The van der Waals surface area contributed by atoms with E-state index in [4.69, 9.17) is 5.11 Å². The molecule has 1 aromatic carbocycles. The van der Waals surface area contributed by atoms with Crippen molar-refractivity contribution in [3.63, 3.8) is 0 Å². The fraction of sp³-hybridized carbons (Fsp3) is 0.267.